The standard InChI is InChI=1S/C24H25N3O2/c1-15(2)8-9-16-10-11-20(21(28)12-16)22-18-6-4-5-7-19(18)23(27-26-22)25-17-13-24(3,29)14-17/h4-7,10-12,15,17,28-29H,13-14H2,1-3H3,(H,25,27). The Hall–Kier alpha value is -3.10. The highest BCUT2D eigenvalue weighted by Gasteiger charge is 2.38. The van der Waals surface area contributed by atoms with Crippen LogP contribution >= 0.6 is 0 Å². The van der Waals surface area contributed by atoms with E-state index in [1.807, 2.05) is 57.2 Å². The lowest BCUT2D eigenvalue weighted by atomic mass is 9.77. The van der Waals surface area contributed by atoms with Crippen LogP contribution in [0.4, 0.5) is 5.82 Å². The fourth-order valence-electron chi connectivity index (χ4n) is 3.74. The Morgan fingerprint density at radius 3 is 2.48 bits per heavy atom. The predicted molar refractivity (Wildman–Crippen MR) is 116 cm³/mol. The van der Waals surface area contributed by atoms with Gasteiger partial charge in [0.1, 0.15) is 11.4 Å². The van der Waals surface area contributed by atoms with Crippen LogP contribution in [0, 0.1) is 17.8 Å². The molecular weight excluding hydrogens is 362 g/mol. The van der Waals surface area contributed by atoms with Crippen LogP contribution in [-0.2, 0) is 0 Å². The third kappa shape index (κ3) is 4.03. The Balaban J connectivity index is 1.71. The van der Waals surface area contributed by atoms with Gasteiger partial charge < -0.3 is 15.5 Å². The number of aromatic hydroxyl groups is 1. The smallest absolute Gasteiger partial charge is 0.156 e. The molecule has 0 bridgehead atoms. The number of hydrogen-bond donors (Lipinski definition) is 3. The van der Waals surface area contributed by atoms with E-state index in [1.54, 1.807) is 6.07 Å². The van der Waals surface area contributed by atoms with Gasteiger partial charge in [-0.05, 0) is 38.0 Å². The Kier molecular flexibility index (Phi) is 4.89. The molecule has 1 aromatic heterocycles. The maximum absolute atomic E-state index is 10.6. The maximum atomic E-state index is 10.6. The zero-order valence-corrected chi connectivity index (χ0v) is 16.9. The van der Waals surface area contributed by atoms with E-state index in [-0.39, 0.29) is 17.7 Å². The highest BCUT2D eigenvalue weighted by Crippen LogP contribution is 2.37. The van der Waals surface area contributed by atoms with Gasteiger partial charge in [0.25, 0.3) is 0 Å². The maximum Gasteiger partial charge on any atom is 0.156 e. The molecule has 1 aliphatic carbocycles. The van der Waals surface area contributed by atoms with Crippen LogP contribution in [0.25, 0.3) is 22.0 Å². The second kappa shape index (κ2) is 7.38. The normalized spacial score (nSPS) is 20.8. The first-order chi connectivity index (χ1) is 13.8. The minimum absolute atomic E-state index is 0.135. The number of fused-ring (bicyclic) bond motifs is 1. The molecule has 1 fully saturated rings. The number of nitrogens with one attached hydrogen (secondary N) is 1. The van der Waals surface area contributed by atoms with Crippen molar-refractivity contribution in [1.29, 1.82) is 0 Å². The first-order valence-corrected chi connectivity index (χ1v) is 9.92. The summed E-state index contributed by atoms with van der Waals surface area (Å²) < 4.78 is 0. The minimum Gasteiger partial charge on any atom is -0.507 e. The Morgan fingerprint density at radius 1 is 1.10 bits per heavy atom. The lowest BCUT2D eigenvalue weighted by molar-refractivity contribution is -0.0235. The molecule has 0 spiro atoms. The van der Waals surface area contributed by atoms with Crippen molar-refractivity contribution in [2.75, 3.05) is 5.32 Å². The van der Waals surface area contributed by atoms with Gasteiger partial charge in [-0.3, -0.25) is 0 Å². The fraction of sp³-hybridized carbons (Fsp3) is 0.333. The Bertz CT molecular complexity index is 1120. The average Bonchev–Trinajstić information content (AvgIpc) is 2.66. The minimum atomic E-state index is -0.604. The molecule has 0 aliphatic heterocycles. The van der Waals surface area contributed by atoms with Crippen molar-refractivity contribution in [3.05, 3.63) is 48.0 Å². The number of phenols is 1. The molecule has 0 atom stereocenters. The van der Waals surface area contributed by atoms with Gasteiger partial charge in [0.15, 0.2) is 5.82 Å². The van der Waals surface area contributed by atoms with Crippen molar-refractivity contribution < 1.29 is 10.2 Å². The number of phenolic OH excluding ortho intramolecular Hbond substituents is 1. The Morgan fingerprint density at radius 2 is 1.83 bits per heavy atom. The third-order valence-electron chi connectivity index (χ3n) is 5.16. The summed E-state index contributed by atoms with van der Waals surface area (Å²) in [4.78, 5) is 0. The van der Waals surface area contributed by atoms with E-state index in [1.165, 1.54) is 0 Å². The summed E-state index contributed by atoms with van der Waals surface area (Å²) >= 11 is 0. The summed E-state index contributed by atoms with van der Waals surface area (Å²) in [5, 5.41) is 34.6. The van der Waals surface area contributed by atoms with Crippen LogP contribution in [0.1, 0.15) is 39.2 Å². The van der Waals surface area contributed by atoms with E-state index >= 15 is 0 Å². The zero-order chi connectivity index (χ0) is 20.6. The van der Waals surface area contributed by atoms with Crippen molar-refractivity contribution in [2.24, 2.45) is 5.92 Å². The number of rotatable bonds is 3. The molecule has 0 unspecified atom stereocenters. The third-order valence-corrected chi connectivity index (χ3v) is 5.16. The van der Waals surface area contributed by atoms with Crippen molar-refractivity contribution in [3.63, 3.8) is 0 Å². The van der Waals surface area contributed by atoms with Crippen molar-refractivity contribution in [1.82, 2.24) is 10.2 Å². The van der Waals surface area contributed by atoms with Gasteiger partial charge >= 0.3 is 0 Å². The lowest BCUT2D eigenvalue weighted by Crippen LogP contribution is -2.48. The SMILES string of the molecule is CC(C)C#Cc1ccc(-c2nnc(NC3CC(C)(O)C3)c3ccccc23)c(O)c1. The van der Waals surface area contributed by atoms with Gasteiger partial charge in [-0.15, -0.1) is 10.2 Å². The number of aliphatic hydroxyl groups is 1. The first kappa shape index (κ1) is 19.2. The summed E-state index contributed by atoms with van der Waals surface area (Å²) in [6, 6.07) is 13.5. The molecule has 1 aliphatic rings. The molecule has 0 saturated heterocycles. The molecule has 1 heterocycles. The van der Waals surface area contributed by atoms with Gasteiger partial charge in [-0.1, -0.05) is 50.0 Å². The van der Waals surface area contributed by atoms with Crippen LogP contribution < -0.4 is 5.32 Å². The summed E-state index contributed by atoms with van der Waals surface area (Å²) in [6.07, 6.45) is 1.37. The van der Waals surface area contributed by atoms with E-state index in [2.05, 4.69) is 27.4 Å². The fourth-order valence-corrected chi connectivity index (χ4v) is 3.74. The molecule has 3 aromatic rings. The van der Waals surface area contributed by atoms with E-state index in [0.717, 1.165) is 16.3 Å². The van der Waals surface area contributed by atoms with Crippen LogP contribution in [0.15, 0.2) is 42.5 Å². The van der Waals surface area contributed by atoms with E-state index in [9.17, 15) is 10.2 Å². The first-order valence-electron chi connectivity index (χ1n) is 9.92. The number of aromatic nitrogens is 2. The van der Waals surface area contributed by atoms with Crippen molar-refractivity contribution in [2.45, 2.75) is 45.3 Å². The van der Waals surface area contributed by atoms with E-state index in [0.29, 0.717) is 29.9 Å². The van der Waals surface area contributed by atoms with Crippen LogP contribution in [0.2, 0.25) is 0 Å². The molecule has 5 heteroatoms. The molecule has 3 N–H and O–H groups in total. The van der Waals surface area contributed by atoms with Gasteiger partial charge in [-0.2, -0.15) is 0 Å². The number of anilines is 1. The van der Waals surface area contributed by atoms with Gasteiger partial charge in [0.05, 0.1) is 5.60 Å². The molecule has 2 aromatic carbocycles. The monoisotopic (exact) mass is 387 g/mol. The van der Waals surface area contributed by atoms with E-state index in [4.69, 9.17) is 0 Å². The molecule has 0 amide bonds. The summed E-state index contributed by atoms with van der Waals surface area (Å²) in [6.45, 7) is 5.91. The highest BCUT2D eigenvalue weighted by atomic mass is 16.3. The molecular formula is C24H25N3O2. The topological polar surface area (TPSA) is 78.3 Å². The van der Waals surface area contributed by atoms with E-state index < -0.39 is 5.60 Å². The largest absolute Gasteiger partial charge is 0.507 e. The highest BCUT2D eigenvalue weighted by molar-refractivity contribution is 6.01. The lowest BCUT2D eigenvalue weighted by Gasteiger charge is -2.41. The molecule has 1 saturated carbocycles. The molecule has 148 valence electrons. The second-order valence-corrected chi connectivity index (χ2v) is 8.35. The average molecular weight is 387 g/mol. The van der Waals surface area contributed by atoms with Gasteiger partial charge in [0, 0.05) is 33.9 Å². The number of nitrogens with zero attached hydrogens (tertiary/aromatic N) is 2. The molecule has 4 rings (SSSR count). The van der Waals surface area contributed by atoms with Gasteiger partial charge in [0.2, 0.25) is 0 Å². The van der Waals surface area contributed by atoms with Crippen LogP contribution in [-0.4, -0.2) is 32.1 Å². The van der Waals surface area contributed by atoms with Gasteiger partial charge in [-0.25, -0.2) is 0 Å². The van der Waals surface area contributed by atoms with Crippen molar-refractivity contribution in [3.8, 4) is 28.8 Å². The summed E-state index contributed by atoms with van der Waals surface area (Å²) in [7, 11) is 0. The van der Waals surface area contributed by atoms with Crippen LogP contribution in [0.5, 0.6) is 5.75 Å². The number of benzene rings is 2. The van der Waals surface area contributed by atoms with Crippen LogP contribution in [0.3, 0.4) is 0 Å². The molecule has 5 nitrogen and oxygen atoms in total. The second-order valence-electron chi connectivity index (χ2n) is 8.35. The Labute approximate surface area is 170 Å². The zero-order valence-electron chi connectivity index (χ0n) is 16.9. The quantitative estimate of drug-likeness (QED) is 0.583. The number of hydrogen-bond acceptors (Lipinski definition) is 5. The molecule has 0 radical (unpaired) electrons. The summed E-state index contributed by atoms with van der Waals surface area (Å²) in [5.41, 5.74) is 1.43. The summed E-state index contributed by atoms with van der Waals surface area (Å²) in [5.74, 6) is 7.28. The van der Waals surface area contributed by atoms with Crippen molar-refractivity contribution >= 4 is 16.6 Å². The molecule has 29 heavy (non-hydrogen) atoms. The predicted octanol–water partition coefficient (Wildman–Crippen LogP) is 4.34.